The van der Waals surface area contributed by atoms with Crippen molar-refractivity contribution in [3.05, 3.63) is 84.6 Å². The van der Waals surface area contributed by atoms with Crippen molar-refractivity contribution in [2.75, 3.05) is 26.2 Å². The summed E-state index contributed by atoms with van der Waals surface area (Å²) in [5.74, 6) is 0.283. The molecule has 32 heavy (non-hydrogen) atoms. The van der Waals surface area contributed by atoms with E-state index in [1.807, 2.05) is 36.5 Å². The Morgan fingerprint density at radius 2 is 1.78 bits per heavy atom. The minimum absolute atomic E-state index is 0.00680. The van der Waals surface area contributed by atoms with Gasteiger partial charge in [0.2, 0.25) is 10.0 Å². The number of furan rings is 1. The van der Waals surface area contributed by atoms with E-state index in [9.17, 15) is 12.8 Å². The second-order valence-corrected chi connectivity index (χ2v) is 9.78. The fraction of sp³-hybridized carbons (Fsp3) is 0.208. The first-order chi connectivity index (χ1) is 15.5. The second-order valence-electron chi connectivity index (χ2n) is 7.84. The molecule has 3 heterocycles. The molecule has 0 N–H and O–H groups in total. The molecular weight excluding hydrogens is 429 g/mol. The third-order valence-corrected chi connectivity index (χ3v) is 7.60. The number of fused-ring (bicyclic) bond motifs is 1. The molecule has 0 unspecified atom stereocenters. The molecule has 1 aliphatic heterocycles. The van der Waals surface area contributed by atoms with E-state index in [0.29, 0.717) is 32.7 Å². The number of piperazine rings is 1. The van der Waals surface area contributed by atoms with Crippen molar-refractivity contribution in [1.82, 2.24) is 14.2 Å². The van der Waals surface area contributed by atoms with E-state index in [-0.39, 0.29) is 4.90 Å². The van der Waals surface area contributed by atoms with Crippen molar-refractivity contribution in [1.29, 1.82) is 0 Å². The van der Waals surface area contributed by atoms with Crippen LogP contribution >= 0.6 is 0 Å². The highest BCUT2D eigenvalue weighted by Crippen LogP contribution is 2.27. The predicted octanol–water partition coefficient (Wildman–Crippen LogP) is 4.14. The van der Waals surface area contributed by atoms with Crippen molar-refractivity contribution in [2.45, 2.75) is 11.4 Å². The van der Waals surface area contributed by atoms with Crippen molar-refractivity contribution in [3.63, 3.8) is 0 Å². The molecule has 0 radical (unpaired) electrons. The molecule has 0 aliphatic carbocycles. The van der Waals surface area contributed by atoms with E-state index in [0.717, 1.165) is 33.9 Å². The van der Waals surface area contributed by atoms with Gasteiger partial charge in [0.1, 0.15) is 17.2 Å². The van der Waals surface area contributed by atoms with Gasteiger partial charge in [-0.1, -0.05) is 18.2 Å². The first kappa shape index (κ1) is 20.8. The highest BCUT2D eigenvalue weighted by atomic mass is 32.2. The third-order valence-electron chi connectivity index (χ3n) is 5.71. The molecule has 1 aliphatic rings. The van der Waals surface area contributed by atoms with Gasteiger partial charge in [0.15, 0.2) is 0 Å². The lowest BCUT2D eigenvalue weighted by Crippen LogP contribution is -2.48. The number of halogens is 1. The zero-order valence-electron chi connectivity index (χ0n) is 17.3. The number of benzene rings is 2. The van der Waals surface area contributed by atoms with Crippen LogP contribution in [0.2, 0.25) is 0 Å². The van der Waals surface area contributed by atoms with E-state index in [1.165, 1.54) is 22.5 Å². The van der Waals surface area contributed by atoms with E-state index in [4.69, 9.17) is 4.42 Å². The van der Waals surface area contributed by atoms with Gasteiger partial charge in [0.25, 0.3) is 0 Å². The SMILES string of the molecule is O=S(=O)(c1cccc(F)c1)N1CCN(Cc2cc3cc(-c4cccnc4)ccc3o2)CC1. The van der Waals surface area contributed by atoms with Crippen LogP contribution in [-0.2, 0) is 16.6 Å². The molecular formula is C24H22FN3O3S. The zero-order valence-corrected chi connectivity index (χ0v) is 18.1. The quantitative estimate of drug-likeness (QED) is 0.456. The molecule has 2 aromatic heterocycles. The van der Waals surface area contributed by atoms with E-state index in [2.05, 4.69) is 16.0 Å². The first-order valence-corrected chi connectivity index (χ1v) is 11.8. The Kier molecular flexibility index (Phi) is 5.50. The van der Waals surface area contributed by atoms with Gasteiger partial charge in [-0.2, -0.15) is 4.31 Å². The van der Waals surface area contributed by atoms with Gasteiger partial charge in [0.05, 0.1) is 11.4 Å². The number of nitrogens with zero attached hydrogens (tertiary/aromatic N) is 3. The summed E-state index contributed by atoms with van der Waals surface area (Å²) in [5.41, 5.74) is 2.95. The molecule has 0 atom stereocenters. The number of sulfonamides is 1. The van der Waals surface area contributed by atoms with Crippen molar-refractivity contribution < 1.29 is 17.2 Å². The molecule has 5 rings (SSSR count). The normalized spacial score (nSPS) is 15.9. The summed E-state index contributed by atoms with van der Waals surface area (Å²) >= 11 is 0. The number of rotatable bonds is 5. The summed E-state index contributed by atoms with van der Waals surface area (Å²) in [4.78, 5) is 6.33. The standard InChI is InChI=1S/C24H22FN3O3S/c25-21-4-1-5-23(15-21)32(29,30)28-11-9-27(10-12-28)17-22-14-20-13-18(6-7-24(20)31-22)19-3-2-8-26-16-19/h1-8,13-16H,9-12,17H2. The van der Waals surface area contributed by atoms with Crippen LogP contribution in [0.5, 0.6) is 0 Å². The van der Waals surface area contributed by atoms with Crippen LogP contribution < -0.4 is 0 Å². The Hall–Kier alpha value is -3.07. The molecule has 6 nitrogen and oxygen atoms in total. The highest BCUT2D eigenvalue weighted by Gasteiger charge is 2.29. The lowest BCUT2D eigenvalue weighted by atomic mass is 10.1. The largest absolute Gasteiger partial charge is 0.460 e. The molecule has 0 saturated carbocycles. The Morgan fingerprint density at radius 1 is 0.938 bits per heavy atom. The Bertz CT molecular complexity index is 1350. The average Bonchev–Trinajstić information content (AvgIpc) is 3.21. The van der Waals surface area contributed by atoms with E-state index in [1.54, 1.807) is 6.20 Å². The number of hydrogen-bond acceptors (Lipinski definition) is 5. The highest BCUT2D eigenvalue weighted by molar-refractivity contribution is 7.89. The van der Waals surface area contributed by atoms with Gasteiger partial charge in [-0.3, -0.25) is 9.88 Å². The van der Waals surface area contributed by atoms with Crippen molar-refractivity contribution in [2.24, 2.45) is 0 Å². The summed E-state index contributed by atoms with van der Waals surface area (Å²) in [7, 11) is -3.69. The van der Waals surface area contributed by atoms with Gasteiger partial charge in [0, 0.05) is 49.5 Å². The maximum absolute atomic E-state index is 13.5. The molecule has 164 valence electrons. The fourth-order valence-electron chi connectivity index (χ4n) is 4.01. The zero-order chi connectivity index (χ0) is 22.1. The number of hydrogen-bond donors (Lipinski definition) is 0. The molecule has 0 bridgehead atoms. The van der Waals surface area contributed by atoms with Gasteiger partial charge in [-0.25, -0.2) is 12.8 Å². The number of aromatic nitrogens is 1. The van der Waals surface area contributed by atoms with Crippen LogP contribution in [0.25, 0.3) is 22.1 Å². The lowest BCUT2D eigenvalue weighted by molar-refractivity contribution is 0.172. The summed E-state index contributed by atoms with van der Waals surface area (Å²) < 4.78 is 46.5. The van der Waals surface area contributed by atoms with Crippen molar-refractivity contribution in [3.8, 4) is 11.1 Å². The summed E-state index contributed by atoms with van der Waals surface area (Å²) in [5, 5.41) is 1.02. The van der Waals surface area contributed by atoms with E-state index >= 15 is 0 Å². The van der Waals surface area contributed by atoms with Crippen LogP contribution in [0.3, 0.4) is 0 Å². The minimum Gasteiger partial charge on any atom is -0.460 e. The van der Waals surface area contributed by atoms with Gasteiger partial charge in [-0.05, 0) is 48.0 Å². The van der Waals surface area contributed by atoms with Crippen LogP contribution in [0, 0.1) is 5.82 Å². The van der Waals surface area contributed by atoms with Crippen LogP contribution in [0.1, 0.15) is 5.76 Å². The van der Waals surface area contributed by atoms with Crippen molar-refractivity contribution >= 4 is 21.0 Å². The Labute approximate surface area is 186 Å². The summed E-state index contributed by atoms with van der Waals surface area (Å²) in [6.07, 6.45) is 3.58. The Balaban J connectivity index is 1.26. The van der Waals surface area contributed by atoms with Gasteiger partial charge >= 0.3 is 0 Å². The second kappa shape index (κ2) is 8.46. The van der Waals surface area contributed by atoms with Crippen LogP contribution in [0.15, 0.2) is 82.4 Å². The van der Waals surface area contributed by atoms with Gasteiger partial charge in [-0.15, -0.1) is 0 Å². The van der Waals surface area contributed by atoms with Crippen LogP contribution in [0.4, 0.5) is 4.39 Å². The monoisotopic (exact) mass is 451 g/mol. The summed E-state index contributed by atoms with van der Waals surface area (Å²) in [6, 6.07) is 17.2. The molecule has 1 saturated heterocycles. The average molecular weight is 452 g/mol. The topological polar surface area (TPSA) is 66.7 Å². The van der Waals surface area contributed by atoms with E-state index < -0.39 is 15.8 Å². The molecule has 8 heteroatoms. The lowest BCUT2D eigenvalue weighted by Gasteiger charge is -2.33. The maximum Gasteiger partial charge on any atom is 0.243 e. The summed E-state index contributed by atoms with van der Waals surface area (Å²) in [6.45, 7) is 2.46. The van der Waals surface area contributed by atoms with Gasteiger partial charge < -0.3 is 4.42 Å². The predicted molar refractivity (Wildman–Crippen MR) is 120 cm³/mol. The molecule has 2 aromatic carbocycles. The fourth-order valence-corrected chi connectivity index (χ4v) is 5.47. The first-order valence-electron chi connectivity index (χ1n) is 10.4. The minimum atomic E-state index is -3.69. The molecule has 0 amide bonds. The Morgan fingerprint density at radius 3 is 2.53 bits per heavy atom. The third kappa shape index (κ3) is 4.17. The maximum atomic E-state index is 13.5. The molecule has 4 aromatic rings. The molecule has 1 fully saturated rings. The smallest absolute Gasteiger partial charge is 0.243 e. The molecule has 0 spiro atoms. The number of pyridine rings is 1. The van der Waals surface area contributed by atoms with Crippen LogP contribution in [-0.4, -0.2) is 48.8 Å².